The Morgan fingerprint density at radius 2 is 1.94 bits per heavy atom. The Labute approximate surface area is 193 Å². The topological polar surface area (TPSA) is 76.1 Å². The smallest absolute Gasteiger partial charge is 0.295 e. The van der Waals surface area contributed by atoms with Crippen LogP contribution in [-0.4, -0.2) is 41.5 Å². The van der Waals surface area contributed by atoms with Crippen molar-refractivity contribution in [2.45, 2.75) is 45.8 Å². The van der Waals surface area contributed by atoms with Gasteiger partial charge in [0.05, 0.1) is 29.9 Å². The van der Waals surface area contributed by atoms with Gasteiger partial charge in [0.2, 0.25) is 0 Å². The lowest BCUT2D eigenvalue weighted by atomic mass is 9.95. The fourth-order valence-corrected chi connectivity index (χ4v) is 3.97. The molecule has 32 heavy (non-hydrogen) atoms. The number of benzene rings is 2. The molecule has 7 heteroatoms. The van der Waals surface area contributed by atoms with Gasteiger partial charge in [-0.3, -0.25) is 9.59 Å². The molecular weight excluding hydrogens is 430 g/mol. The number of amides is 1. The Morgan fingerprint density at radius 1 is 1.19 bits per heavy atom. The van der Waals surface area contributed by atoms with Gasteiger partial charge in [0.15, 0.2) is 0 Å². The number of aliphatic hydroxyl groups excluding tert-OH is 1. The van der Waals surface area contributed by atoms with Crippen molar-refractivity contribution in [1.29, 1.82) is 0 Å². The molecule has 170 valence electrons. The number of carbonyl (C=O) groups excluding carboxylic acids is 2. The molecule has 1 fully saturated rings. The second-order valence-corrected chi connectivity index (χ2v) is 8.34. The molecule has 1 heterocycles. The Kier molecular flexibility index (Phi) is 7.46. The Bertz CT molecular complexity index is 1050. The highest BCUT2D eigenvalue weighted by Crippen LogP contribution is 2.41. The summed E-state index contributed by atoms with van der Waals surface area (Å²) in [4.78, 5) is 27.5. The van der Waals surface area contributed by atoms with Crippen molar-refractivity contribution >= 4 is 29.1 Å². The van der Waals surface area contributed by atoms with E-state index in [0.29, 0.717) is 34.2 Å². The maximum absolute atomic E-state index is 13.1. The van der Waals surface area contributed by atoms with Gasteiger partial charge in [0, 0.05) is 12.1 Å². The van der Waals surface area contributed by atoms with Crippen LogP contribution in [0.2, 0.25) is 5.02 Å². The number of rotatable bonds is 8. The number of halogens is 1. The molecule has 3 rings (SSSR count). The van der Waals surface area contributed by atoms with Crippen molar-refractivity contribution in [3.63, 3.8) is 0 Å². The summed E-state index contributed by atoms with van der Waals surface area (Å²) in [6, 6.07) is 11.3. The predicted octanol–water partition coefficient (Wildman–Crippen LogP) is 5.36. The molecule has 0 saturated carbocycles. The summed E-state index contributed by atoms with van der Waals surface area (Å²) >= 11 is 6.11. The average Bonchev–Trinajstić information content (AvgIpc) is 3.02. The van der Waals surface area contributed by atoms with Crippen LogP contribution in [-0.2, 0) is 9.59 Å². The van der Waals surface area contributed by atoms with Crippen molar-refractivity contribution < 1.29 is 24.2 Å². The lowest BCUT2D eigenvalue weighted by Crippen LogP contribution is -2.30. The molecule has 0 aromatic heterocycles. The molecule has 1 aliphatic rings. The minimum absolute atomic E-state index is 0.0294. The molecule has 1 aliphatic heterocycles. The molecule has 1 atom stereocenters. The Morgan fingerprint density at radius 3 is 2.59 bits per heavy atom. The number of hydrogen-bond acceptors (Lipinski definition) is 5. The number of aliphatic hydroxyl groups is 1. The number of unbranched alkanes of at least 4 members (excludes halogenated alkanes) is 1. The second-order valence-electron chi connectivity index (χ2n) is 7.93. The van der Waals surface area contributed by atoms with E-state index in [0.717, 1.165) is 12.8 Å². The highest BCUT2D eigenvalue weighted by atomic mass is 35.5. The summed E-state index contributed by atoms with van der Waals surface area (Å²) in [5, 5.41) is 11.5. The van der Waals surface area contributed by atoms with Gasteiger partial charge < -0.3 is 19.5 Å². The molecule has 2 aromatic rings. The molecule has 1 N–H and O–H groups in total. The van der Waals surface area contributed by atoms with Crippen LogP contribution in [0.25, 0.3) is 5.76 Å². The molecule has 0 radical (unpaired) electrons. The van der Waals surface area contributed by atoms with Crippen LogP contribution in [0.1, 0.15) is 50.8 Å². The van der Waals surface area contributed by atoms with Crippen LogP contribution in [0.3, 0.4) is 0 Å². The van der Waals surface area contributed by atoms with E-state index in [2.05, 4.69) is 0 Å². The maximum atomic E-state index is 13.1. The van der Waals surface area contributed by atoms with Crippen LogP contribution >= 0.6 is 11.6 Å². The normalized spacial score (nSPS) is 17.8. The number of nitrogens with zero attached hydrogens (tertiary/aromatic N) is 1. The molecule has 1 amide bonds. The zero-order valence-electron chi connectivity index (χ0n) is 18.7. The Hall–Kier alpha value is -2.99. The number of ketones is 1. The number of hydrogen-bond donors (Lipinski definition) is 1. The van der Waals surface area contributed by atoms with Gasteiger partial charge in [-0.15, -0.1) is 0 Å². The summed E-state index contributed by atoms with van der Waals surface area (Å²) in [7, 11) is 1.47. The first kappa shape index (κ1) is 23.7. The monoisotopic (exact) mass is 457 g/mol. The summed E-state index contributed by atoms with van der Waals surface area (Å²) in [6.07, 6.45) is 1.57. The first-order chi connectivity index (χ1) is 15.3. The quantitative estimate of drug-likeness (QED) is 0.328. The molecule has 0 bridgehead atoms. The minimum Gasteiger partial charge on any atom is -0.507 e. The maximum Gasteiger partial charge on any atom is 0.295 e. The second kappa shape index (κ2) is 10.1. The number of carbonyl (C=O) groups is 2. The van der Waals surface area contributed by atoms with Gasteiger partial charge in [-0.2, -0.15) is 0 Å². The zero-order valence-corrected chi connectivity index (χ0v) is 19.5. The van der Waals surface area contributed by atoms with Crippen LogP contribution in [0.4, 0.5) is 0 Å². The van der Waals surface area contributed by atoms with Crippen molar-refractivity contribution in [1.82, 2.24) is 4.90 Å². The van der Waals surface area contributed by atoms with Crippen molar-refractivity contribution in [2.75, 3.05) is 13.7 Å². The van der Waals surface area contributed by atoms with Gasteiger partial charge >= 0.3 is 0 Å². The van der Waals surface area contributed by atoms with Crippen LogP contribution < -0.4 is 9.47 Å². The largest absolute Gasteiger partial charge is 0.507 e. The average molecular weight is 458 g/mol. The van der Waals surface area contributed by atoms with Gasteiger partial charge in [-0.25, -0.2) is 0 Å². The highest BCUT2D eigenvalue weighted by Gasteiger charge is 2.45. The standard InChI is InChI=1S/C25H28ClNO5/c1-5-6-12-27-22(16-8-7-9-18(13-16)32-15(2)3)21(24(29)25(27)30)23(28)17-10-11-19(26)20(14-17)31-4/h7-11,13-15,22,28H,5-6,12H2,1-4H3/b23-21-. The van der Waals surface area contributed by atoms with Crippen LogP contribution in [0.5, 0.6) is 11.5 Å². The van der Waals surface area contributed by atoms with Gasteiger partial charge in [0.25, 0.3) is 11.7 Å². The number of methoxy groups -OCH3 is 1. The summed E-state index contributed by atoms with van der Waals surface area (Å²) < 4.78 is 11.1. The van der Waals surface area contributed by atoms with Crippen LogP contribution in [0.15, 0.2) is 48.0 Å². The van der Waals surface area contributed by atoms with Crippen molar-refractivity contribution in [3.05, 3.63) is 64.2 Å². The lowest BCUT2D eigenvalue weighted by Gasteiger charge is -2.25. The molecule has 0 spiro atoms. The SMILES string of the molecule is CCCCN1C(=O)C(=O)/C(=C(\O)c2ccc(Cl)c(OC)c2)C1c1cccc(OC(C)C)c1. The van der Waals surface area contributed by atoms with E-state index in [1.165, 1.54) is 12.0 Å². The predicted molar refractivity (Wildman–Crippen MR) is 124 cm³/mol. The molecule has 6 nitrogen and oxygen atoms in total. The summed E-state index contributed by atoms with van der Waals surface area (Å²) in [5.74, 6) is -0.613. The first-order valence-corrected chi connectivity index (χ1v) is 11.0. The van der Waals surface area contributed by atoms with E-state index >= 15 is 0 Å². The fraction of sp³-hybridized carbons (Fsp3) is 0.360. The molecular formula is C25H28ClNO5. The third-order valence-corrected chi connectivity index (χ3v) is 5.57. The summed E-state index contributed by atoms with van der Waals surface area (Å²) in [6.45, 7) is 6.27. The summed E-state index contributed by atoms with van der Waals surface area (Å²) in [5.41, 5.74) is 1.08. The third kappa shape index (κ3) is 4.75. The highest BCUT2D eigenvalue weighted by molar-refractivity contribution is 6.46. The lowest BCUT2D eigenvalue weighted by molar-refractivity contribution is -0.139. The van der Waals surface area contributed by atoms with E-state index in [1.807, 2.05) is 45.0 Å². The van der Waals surface area contributed by atoms with E-state index in [4.69, 9.17) is 21.1 Å². The van der Waals surface area contributed by atoms with E-state index in [9.17, 15) is 14.7 Å². The van der Waals surface area contributed by atoms with Gasteiger partial charge in [-0.1, -0.05) is 37.1 Å². The third-order valence-electron chi connectivity index (χ3n) is 5.26. The molecule has 2 aromatic carbocycles. The van der Waals surface area contributed by atoms with E-state index in [-0.39, 0.29) is 17.4 Å². The first-order valence-electron chi connectivity index (χ1n) is 10.7. The fourth-order valence-electron chi connectivity index (χ4n) is 3.78. The minimum atomic E-state index is -0.723. The number of Topliss-reactive ketones (excluding diaryl/α,β-unsaturated/α-hetero) is 1. The zero-order chi connectivity index (χ0) is 23.4. The number of ether oxygens (including phenoxy) is 2. The van der Waals surface area contributed by atoms with E-state index < -0.39 is 17.7 Å². The molecule has 0 aliphatic carbocycles. The Balaban J connectivity index is 2.17. The van der Waals surface area contributed by atoms with Crippen LogP contribution in [0, 0.1) is 0 Å². The number of likely N-dealkylation sites (tertiary alicyclic amines) is 1. The van der Waals surface area contributed by atoms with E-state index in [1.54, 1.807) is 18.2 Å². The van der Waals surface area contributed by atoms with Crippen molar-refractivity contribution in [3.8, 4) is 11.5 Å². The van der Waals surface area contributed by atoms with Crippen molar-refractivity contribution in [2.24, 2.45) is 0 Å². The van der Waals surface area contributed by atoms with Gasteiger partial charge in [-0.05, 0) is 56.2 Å². The van der Waals surface area contributed by atoms with Gasteiger partial charge in [0.1, 0.15) is 17.3 Å². The molecule has 1 saturated heterocycles. The molecule has 1 unspecified atom stereocenters.